The van der Waals surface area contributed by atoms with E-state index in [0.717, 1.165) is 11.3 Å². The molecule has 28 heavy (non-hydrogen) atoms. The van der Waals surface area contributed by atoms with Gasteiger partial charge in [-0.15, -0.1) is 0 Å². The molecule has 0 spiro atoms. The molecule has 0 aliphatic heterocycles. The monoisotopic (exact) mass is 382 g/mol. The number of carbonyl (C=O) groups is 1. The number of amides is 1. The Balaban J connectivity index is 1.52. The van der Waals surface area contributed by atoms with Crippen molar-refractivity contribution in [2.75, 3.05) is 6.61 Å². The first-order chi connectivity index (χ1) is 13.6. The Morgan fingerprint density at radius 1 is 1.21 bits per heavy atom. The zero-order valence-electron chi connectivity index (χ0n) is 15.9. The second-order valence-corrected chi connectivity index (χ2v) is 6.39. The number of nitrogens with zero attached hydrogens (tertiary/aromatic N) is 1. The van der Waals surface area contributed by atoms with Crippen LogP contribution in [0.3, 0.4) is 0 Å². The molecule has 0 aliphatic rings. The first kappa shape index (κ1) is 19.6. The number of ether oxygens (including phenoxy) is 1. The van der Waals surface area contributed by atoms with Gasteiger partial charge in [-0.05, 0) is 43.7 Å². The van der Waals surface area contributed by atoms with Crippen molar-refractivity contribution in [3.63, 3.8) is 0 Å². The molecule has 6 heteroatoms. The minimum Gasteiger partial charge on any atom is -0.494 e. The molecular weight excluding hydrogens is 359 g/mol. The Morgan fingerprint density at radius 2 is 1.96 bits per heavy atom. The van der Waals surface area contributed by atoms with Gasteiger partial charge in [-0.2, -0.15) is 0 Å². The molecule has 1 N–H and O–H groups in total. The zero-order chi connectivity index (χ0) is 19.9. The number of rotatable bonds is 8. The molecule has 1 unspecified atom stereocenters. The Kier molecular flexibility index (Phi) is 6.42. The quantitative estimate of drug-likeness (QED) is 0.614. The topological polar surface area (TPSA) is 64.4 Å². The molecule has 0 saturated carbocycles. The van der Waals surface area contributed by atoms with E-state index in [-0.39, 0.29) is 24.2 Å². The van der Waals surface area contributed by atoms with Gasteiger partial charge in [0.2, 0.25) is 5.91 Å². The standard InChI is InChI=1S/C22H23FN2O3/c1-3-27-17-10-8-16(9-11-17)15(2)25-21(26)12-13-22-24-14-20(28-22)18-6-4-5-7-19(18)23/h4-11,14-15H,3,12-13H2,1-2H3,(H,25,26). The van der Waals surface area contributed by atoms with Crippen molar-refractivity contribution < 1.29 is 18.3 Å². The summed E-state index contributed by atoms with van der Waals surface area (Å²) in [5.41, 5.74) is 1.35. The molecule has 1 atom stereocenters. The predicted molar refractivity (Wildman–Crippen MR) is 104 cm³/mol. The zero-order valence-corrected chi connectivity index (χ0v) is 15.9. The van der Waals surface area contributed by atoms with Gasteiger partial charge in [-0.3, -0.25) is 4.79 Å². The molecule has 0 bridgehead atoms. The number of aryl methyl sites for hydroxylation is 1. The van der Waals surface area contributed by atoms with E-state index in [4.69, 9.17) is 9.15 Å². The lowest BCUT2D eigenvalue weighted by molar-refractivity contribution is -0.121. The van der Waals surface area contributed by atoms with Crippen molar-refractivity contribution in [3.05, 3.63) is 72.0 Å². The number of carbonyl (C=O) groups excluding carboxylic acids is 1. The van der Waals surface area contributed by atoms with Crippen molar-refractivity contribution in [2.45, 2.75) is 32.7 Å². The van der Waals surface area contributed by atoms with E-state index in [9.17, 15) is 9.18 Å². The van der Waals surface area contributed by atoms with Crippen LogP contribution in [-0.2, 0) is 11.2 Å². The number of hydrogen-bond donors (Lipinski definition) is 1. The summed E-state index contributed by atoms with van der Waals surface area (Å²) in [5.74, 6) is 1.09. The van der Waals surface area contributed by atoms with E-state index in [1.807, 2.05) is 38.1 Å². The van der Waals surface area contributed by atoms with Crippen LogP contribution < -0.4 is 10.1 Å². The Morgan fingerprint density at radius 3 is 2.68 bits per heavy atom. The first-order valence-electron chi connectivity index (χ1n) is 9.28. The van der Waals surface area contributed by atoms with E-state index >= 15 is 0 Å². The average molecular weight is 382 g/mol. The normalized spacial score (nSPS) is 11.8. The smallest absolute Gasteiger partial charge is 0.220 e. The fourth-order valence-electron chi connectivity index (χ4n) is 2.85. The van der Waals surface area contributed by atoms with Gasteiger partial charge in [0.15, 0.2) is 11.7 Å². The molecule has 0 fully saturated rings. The number of oxazole rings is 1. The van der Waals surface area contributed by atoms with Crippen molar-refractivity contribution in [2.24, 2.45) is 0 Å². The van der Waals surface area contributed by atoms with Gasteiger partial charge in [-0.25, -0.2) is 9.37 Å². The summed E-state index contributed by atoms with van der Waals surface area (Å²) >= 11 is 0. The lowest BCUT2D eigenvalue weighted by atomic mass is 10.1. The van der Waals surface area contributed by atoms with Crippen LogP contribution in [0.2, 0.25) is 0 Å². The molecule has 2 aromatic carbocycles. The molecule has 1 amide bonds. The van der Waals surface area contributed by atoms with E-state index in [0.29, 0.717) is 30.2 Å². The highest BCUT2D eigenvalue weighted by Gasteiger charge is 2.13. The van der Waals surface area contributed by atoms with E-state index in [2.05, 4.69) is 10.3 Å². The second-order valence-electron chi connectivity index (χ2n) is 6.39. The lowest BCUT2D eigenvalue weighted by Crippen LogP contribution is -2.26. The maximum atomic E-state index is 13.8. The molecule has 0 aliphatic carbocycles. The molecule has 146 valence electrons. The van der Waals surface area contributed by atoms with Gasteiger partial charge in [0.25, 0.3) is 0 Å². The van der Waals surface area contributed by atoms with Gasteiger partial charge in [0.05, 0.1) is 24.4 Å². The molecule has 1 heterocycles. The number of aromatic nitrogens is 1. The number of halogens is 1. The van der Waals surface area contributed by atoms with Crippen LogP contribution >= 0.6 is 0 Å². The summed E-state index contributed by atoms with van der Waals surface area (Å²) in [4.78, 5) is 16.4. The summed E-state index contributed by atoms with van der Waals surface area (Å²) in [5, 5.41) is 2.96. The SMILES string of the molecule is CCOc1ccc(C(C)NC(=O)CCc2ncc(-c3ccccc3F)o2)cc1. The highest BCUT2D eigenvalue weighted by atomic mass is 19.1. The third-order valence-electron chi connectivity index (χ3n) is 4.33. The first-order valence-corrected chi connectivity index (χ1v) is 9.28. The molecule has 1 aromatic heterocycles. The average Bonchev–Trinajstić information content (AvgIpc) is 3.16. The Labute approximate surface area is 163 Å². The van der Waals surface area contributed by atoms with Gasteiger partial charge in [0, 0.05) is 12.8 Å². The summed E-state index contributed by atoms with van der Waals surface area (Å²) in [6, 6.07) is 13.9. The molecule has 3 aromatic rings. The maximum Gasteiger partial charge on any atom is 0.220 e. The molecule has 5 nitrogen and oxygen atoms in total. The van der Waals surface area contributed by atoms with Crippen LogP contribution in [0.1, 0.15) is 37.8 Å². The fourth-order valence-corrected chi connectivity index (χ4v) is 2.85. The highest BCUT2D eigenvalue weighted by molar-refractivity contribution is 5.76. The number of hydrogen-bond acceptors (Lipinski definition) is 4. The predicted octanol–water partition coefficient (Wildman–Crippen LogP) is 4.69. The minimum absolute atomic E-state index is 0.105. The molecular formula is C22H23FN2O3. The summed E-state index contributed by atoms with van der Waals surface area (Å²) in [6.07, 6.45) is 2.06. The van der Waals surface area contributed by atoms with Gasteiger partial charge in [0.1, 0.15) is 11.6 Å². The maximum absolute atomic E-state index is 13.8. The molecule has 0 radical (unpaired) electrons. The van der Waals surface area contributed by atoms with Gasteiger partial charge < -0.3 is 14.5 Å². The summed E-state index contributed by atoms with van der Waals surface area (Å²) in [6.45, 7) is 4.48. The highest BCUT2D eigenvalue weighted by Crippen LogP contribution is 2.23. The van der Waals surface area contributed by atoms with E-state index < -0.39 is 0 Å². The third-order valence-corrected chi connectivity index (χ3v) is 4.33. The van der Waals surface area contributed by atoms with Gasteiger partial charge >= 0.3 is 0 Å². The van der Waals surface area contributed by atoms with Crippen molar-refractivity contribution in [1.29, 1.82) is 0 Å². The van der Waals surface area contributed by atoms with Gasteiger partial charge in [-0.1, -0.05) is 24.3 Å². The molecule has 3 rings (SSSR count). The van der Waals surface area contributed by atoms with Crippen molar-refractivity contribution in [3.8, 4) is 17.1 Å². The number of nitrogens with one attached hydrogen (secondary N) is 1. The third kappa shape index (κ3) is 4.97. The van der Waals surface area contributed by atoms with E-state index in [1.54, 1.807) is 18.2 Å². The van der Waals surface area contributed by atoms with Crippen LogP contribution in [0.15, 0.2) is 59.1 Å². The van der Waals surface area contributed by atoms with E-state index in [1.165, 1.54) is 12.3 Å². The Hall–Kier alpha value is -3.15. The fraction of sp³-hybridized carbons (Fsp3) is 0.273. The van der Waals surface area contributed by atoms with Crippen molar-refractivity contribution in [1.82, 2.24) is 10.3 Å². The van der Waals surface area contributed by atoms with Crippen LogP contribution in [-0.4, -0.2) is 17.5 Å². The summed E-state index contributed by atoms with van der Waals surface area (Å²) in [7, 11) is 0. The number of benzene rings is 2. The largest absolute Gasteiger partial charge is 0.494 e. The summed E-state index contributed by atoms with van der Waals surface area (Å²) < 4.78 is 24.8. The van der Waals surface area contributed by atoms with Crippen LogP contribution in [0.5, 0.6) is 5.75 Å². The second kappa shape index (κ2) is 9.17. The van der Waals surface area contributed by atoms with Crippen molar-refractivity contribution >= 4 is 5.91 Å². The minimum atomic E-state index is -0.368. The van der Waals surface area contributed by atoms with Crippen LogP contribution in [0.25, 0.3) is 11.3 Å². The Bertz CT molecular complexity index is 922. The molecule has 0 saturated heterocycles. The van der Waals surface area contributed by atoms with Crippen LogP contribution in [0.4, 0.5) is 4.39 Å². The lowest BCUT2D eigenvalue weighted by Gasteiger charge is -2.14. The van der Waals surface area contributed by atoms with Crippen LogP contribution in [0, 0.1) is 5.82 Å².